The molecule has 5 heteroatoms. The molecule has 20 heavy (non-hydrogen) atoms. The second kappa shape index (κ2) is 6.70. The highest BCUT2D eigenvalue weighted by Crippen LogP contribution is 2.20. The molecule has 2 aromatic heterocycles. The summed E-state index contributed by atoms with van der Waals surface area (Å²) >= 11 is 1.76. The molecule has 4 nitrogen and oxygen atoms in total. The zero-order valence-electron chi connectivity index (χ0n) is 13.2. The van der Waals surface area contributed by atoms with Gasteiger partial charge in [0.2, 0.25) is 0 Å². The summed E-state index contributed by atoms with van der Waals surface area (Å²) in [6.45, 7) is 15.1. The molecule has 0 spiro atoms. The number of fused-ring (bicyclic) bond motifs is 1. The van der Waals surface area contributed by atoms with Crippen molar-refractivity contribution in [2.45, 2.75) is 47.2 Å². The van der Waals surface area contributed by atoms with E-state index in [-0.39, 0.29) is 0 Å². The topological polar surface area (TPSA) is 32.6 Å². The predicted octanol–water partition coefficient (Wildman–Crippen LogP) is 2.83. The summed E-state index contributed by atoms with van der Waals surface area (Å²) in [6, 6.07) is 0.486. The quantitative estimate of drug-likeness (QED) is 0.852. The lowest BCUT2D eigenvalue weighted by Gasteiger charge is -2.23. The molecule has 0 aliphatic carbocycles. The molecule has 0 fully saturated rings. The number of nitrogens with one attached hydrogen (secondary N) is 1. The van der Waals surface area contributed by atoms with Crippen LogP contribution in [0.3, 0.4) is 0 Å². The fourth-order valence-electron chi connectivity index (χ4n) is 2.53. The second-order valence-corrected chi connectivity index (χ2v) is 6.62. The van der Waals surface area contributed by atoms with E-state index >= 15 is 0 Å². The van der Waals surface area contributed by atoms with Crippen molar-refractivity contribution >= 4 is 16.3 Å². The van der Waals surface area contributed by atoms with Crippen molar-refractivity contribution in [2.24, 2.45) is 0 Å². The number of imidazole rings is 1. The smallest absolute Gasteiger partial charge is 0.194 e. The van der Waals surface area contributed by atoms with E-state index in [1.807, 2.05) is 0 Å². The Morgan fingerprint density at radius 2 is 2.05 bits per heavy atom. The minimum atomic E-state index is 0.486. The van der Waals surface area contributed by atoms with Gasteiger partial charge in [-0.2, -0.15) is 0 Å². The van der Waals surface area contributed by atoms with Crippen LogP contribution in [0.5, 0.6) is 0 Å². The summed E-state index contributed by atoms with van der Waals surface area (Å²) < 4.78 is 2.23. The first-order valence-electron chi connectivity index (χ1n) is 7.44. The maximum Gasteiger partial charge on any atom is 0.194 e. The van der Waals surface area contributed by atoms with E-state index in [0.717, 1.165) is 36.8 Å². The third-order valence-electron chi connectivity index (χ3n) is 3.79. The summed E-state index contributed by atoms with van der Waals surface area (Å²) in [5.41, 5.74) is 2.43. The largest absolute Gasteiger partial charge is 0.307 e. The third-order valence-corrected chi connectivity index (χ3v) is 4.68. The zero-order valence-corrected chi connectivity index (χ0v) is 14.0. The molecule has 0 aromatic carbocycles. The predicted molar refractivity (Wildman–Crippen MR) is 86.6 cm³/mol. The average molecular weight is 294 g/mol. The summed E-state index contributed by atoms with van der Waals surface area (Å²) in [5, 5.41) is 3.63. The lowest BCUT2D eigenvalue weighted by molar-refractivity contribution is 0.270. The molecule has 2 aromatic rings. The van der Waals surface area contributed by atoms with Crippen LogP contribution in [0.4, 0.5) is 0 Å². The van der Waals surface area contributed by atoms with Crippen LogP contribution >= 0.6 is 11.3 Å². The van der Waals surface area contributed by atoms with E-state index in [1.165, 1.54) is 10.6 Å². The van der Waals surface area contributed by atoms with Gasteiger partial charge >= 0.3 is 0 Å². The van der Waals surface area contributed by atoms with E-state index in [4.69, 9.17) is 0 Å². The van der Waals surface area contributed by atoms with E-state index in [1.54, 1.807) is 11.3 Å². The maximum absolute atomic E-state index is 4.64. The minimum absolute atomic E-state index is 0.486. The molecular weight excluding hydrogens is 268 g/mol. The number of aryl methyl sites for hydroxylation is 2. The highest BCUT2D eigenvalue weighted by molar-refractivity contribution is 7.17. The molecule has 0 saturated carbocycles. The van der Waals surface area contributed by atoms with Gasteiger partial charge in [-0.1, -0.05) is 13.8 Å². The van der Waals surface area contributed by atoms with Crippen LogP contribution < -0.4 is 5.32 Å². The number of hydrogen-bond donors (Lipinski definition) is 1. The van der Waals surface area contributed by atoms with Gasteiger partial charge in [0.1, 0.15) is 0 Å². The molecule has 0 saturated heterocycles. The number of hydrogen-bond acceptors (Lipinski definition) is 4. The van der Waals surface area contributed by atoms with Crippen LogP contribution in [-0.4, -0.2) is 40.0 Å². The van der Waals surface area contributed by atoms with Gasteiger partial charge < -0.3 is 10.2 Å². The van der Waals surface area contributed by atoms with Crippen LogP contribution in [-0.2, 0) is 6.54 Å². The van der Waals surface area contributed by atoms with Crippen LogP contribution in [0.1, 0.15) is 37.0 Å². The molecule has 0 aliphatic rings. The van der Waals surface area contributed by atoms with Gasteiger partial charge in [0, 0.05) is 30.2 Å². The summed E-state index contributed by atoms with van der Waals surface area (Å²) in [4.78, 5) is 9.50. The van der Waals surface area contributed by atoms with Gasteiger partial charge in [-0.05, 0) is 33.9 Å². The average Bonchev–Trinajstić information content (AvgIpc) is 2.89. The van der Waals surface area contributed by atoms with Crippen molar-refractivity contribution in [3.05, 3.63) is 22.5 Å². The van der Waals surface area contributed by atoms with Crippen molar-refractivity contribution in [2.75, 3.05) is 19.6 Å². The Balaban J connectivity index is 1.99. The van der Waals surface area contributed by atoms with E-state index in [9.17, 15) is 0 Å². The van der Waals surface area contributed by atoms with E-state index in [2.05, 4.69) is 60.4 Å². The zero-order chi connectivity index (χ0) is 14.7. The Kier molecular flexibility index (Phi) is 5.18. The van der Waals surface area contributed by atoms with Crippen molar-refractivity contribution in [3.63, 3.8) is 0 Å². The molecular formula is C15H26N4S. The van der Waals surface area contributed by atoms with Crippen molar-refractivity contribution in [1.29, 1.82) is 0 Å². The molecule has 0 amide bonds. The highest BCUT2D eigenvalue weighted by atomic mass is 32.1. The van der Waals surface area contributed by atoms with Crippen molar-refractivity contribution in [1.82, 2.24) is 19.6 Å². The maximum atomic E-state index is 4.64. The standard InChI is InChI=1S/C15H26N4S/c1-6-18(7-2)9-11(3)16-8-14-13(5)17-15-19(14)10-12(4)20-15/h10-11,16H,6-9H2,1-5H3. The van der Waals surface area contributed by atoms with Crippen LogP contribution in [0.25, 0.3) is 4.96 Å². The molecule has 1 N–H and O–H groups in total. The minimum Gasteiger partial charge on any atom is -0.307 e. The van der Waals surface area contributed by atoms with Crippen molar-refractivity contribution in [3.8, 4) is 0 Å². The molecule has 0 bridgehead atoms. The van der Waals surface area contributed by atoms with Gasteiger partial charge in [0.15, 0.2) is 4.96 Å². The lowest BCUT2D eigenvalue weighted by Crippen LogP contribution is -2.39. The molecule has 112 valence electrons. The van der Waals surface area contributed by atoms with Crippen LogP contribution in [0.15, 0.2) is 6.20 Å². The number of nitrogens with zero attached hydrogens (tertiary/aromatic N) is 3. The van der Waals surface area contributed by atoms with Gasteiger partial charge in [0.25, 0.3) is 0 Å². The normalized spacial score (nSPS) is 13.5. The Morgan fingerprint density at radius 1 is 1.35 bits per heavy atom. The molecule has 2 heterocycles. The van der Waals surface area contributed by atoms with Crippen molar-refractivity contribution < 1.29 is 0 Å². The fourth-order valence-corrected chi connectivity index (χ4v) is 3.42. The second-order valence-electron chi connectivity index (χ2n) is 5.41. The Labute approximate surface area is 125 Å². The first kappa shape index (κ1) is 15.5. The van der Waals surface area contributed by atoms with Crippen LogP contribution in [0, 0.1) is 13.8 Å². The first-order chi connectivity index (χ1) is 9.55. The van der Waals surface area contributed by atoms with Crippen LogP contribution in [0.2, 0.25) is 0 Å². The number of rotatable bonds is 7. The van der Waals surface area contributed by atoms with Gasteiger partial charge in [-0.25, -0.2) is 4.98 Å². The monoisotopic (exact) mass is 294 g/mol. The van der Waals surface area contributed by atoms with E-state index < -0.39 is 0 Å². The molecule has 0 radical (unpaired) electrons. The molecule has 0 aliphatic heterocycles. The SMILES string of the molecule is CCN(CC)CC(C)NCc1c(C)nc2sc(C)cn12. The Hall–Kier alpha value is -0.910. The first-order valence-corrected chi connectivity index (χ1v) is 8.26. The summed E-state index contributed by atoms with van der Waals surface area (Å²) in [6.07, 6.45) is 2.19. The molecule has 1 atom stereocenters. The number of aromatic nitrogens is 2. The fraction of sp³-hybridized carbons (Fsp3) is 0.667. The van der Waals surface area contributed by atoms with Gasteiger partial charge in [-0.15, -0.1) is 11.3 Å². The Bertz CT molecular complexity index is 553. The number of thiazole rings is 1. The molecule has 2 rings (SSSR count). The highest BCUT2D eigenvalue weighted by Gasteiger charge is 2.12. The van der Waals surface area contributed by atoms with E-state index in [0.29, 0.717) is 6.04 Å². The van der Waals surface area contributed by atoms with Gasteiger partial charge in [0.05, 0.1) is 11.4 Å². The molecule has 1 unspecified atom stereocenters. The Morgan fingerprint density at radius 3 is 2.70 bits per heavy atom. The van der Waals surface area contributed by atoms with Gasteiger partial charge in [-0.3, -0.25) is 4.40 Å². The summed E-state index contributed by atoms with van der Waals surface area (Å²) in [7, 11) is 0. The third kappa shape index (κ3) is 3.40. The summed E-state index contributed by atoms with van der Waals surface area (Å²) in [5.74, 6) is 0. The lowest BCUT2D eigenvalue weighted by atomic mass is 10.2. The number of likely N-dealkylation sites (N-methyl/N-ethyl adjacent to an activating group) is 1.